The van der Waals surface area contributed by atoms with Crippen LogP contribution in [0.4, 0.5) is 0 Å². The molecule has 1 rings (SSSR count). The third-order valence-electron chi connectivity index (χ3n) is 2.64. The largest absolute Gasteiger partial charge is 0.491 e. The summed E-state index contributed by atoms with van der Waals surface area (Å²) in [7, 11) is 0. The number of nitrogens with one attached hydrogen (secondary N) is 1. The second kappa shape index (κ2) is 10.0. The maximum atomic E-state index is 6.04. The van der Waals surface area contributed by atoms with Gasteiger partial charge in [0.1, 0.15) is 12.4 Å². The molecule has 4 nitrogen and oxygen atoms in total. The molecule has 0 bridgehead atoms. The van der Waals surface area contributed by atoms with Gasteiger partial charge >= 0.3 is 0 Å². The van der Waals surface area contributed by atoms with Gasteiger partial charge < -0.3 is 20.5 Å². The maximum Gasteiger partial charge on any atom is 0.119 e. The summed E-state index contributed by atoms with van der Waals surface area (Å²) in [5, 5.41) is 3.95. The van der Waals surface area contributed by atoms with E-state index in [1.54, 1.807) is 0 Å². The smallest absolute Gasteiger partial charge is 0.119 e. The first-order valence-electron chi connectivity index (χ1n) is 6.67. The molecule has 0 heterocycles. The number of rotatable bonds is 10. The average Bonchev–Trinajstić information content (AvgIpc) is 2.43. The summed E-state index contributed by atoms with van der Waals surface area (Å²) in [4.78, 5) is 0. The predicted octanol–water partition coefficient (Wildman–Crippen LogP) is 1.85. The highest BCUT2D eigenvalue weighted by Crippen LogP contribution is 2.22. The van der Waals surface area contributed by atoms with Crippen LogP contribution in [0.15, 0.2) is 18.2 Å². The molecule has 0 saturated heterocycles. The second-order valence-electron chi connectivity index (χ2n) is 4.11. The van der Waals surface area contributed by atoms with Gasteiger partial charge in [-0.1, -0.05) is 18.5 Å². The average molecular weight is 287 g/mol. The number of nitrogens with two attached hydrogens (primary N) is 1. The SMILES string of the molecule is CCc1cc(OCCOCCNCCN)ccc1Cl. The topological polar surface area (TPSA) is 56.5 Å². The van der Waals surface area contributed by atoms with E-state index in [1.807, 2.05) is 18.2 Å². The molecule has 0 atom stereocenters. The zero-order valence-corrected chi connectivity index (χ0v) is 12.2. The molecule has 1 aromatic carbocycles. The molecule has 19 heavy (non-hydrogen) atoms. The van der Waals surface area contributed by atoms with Crippen LogP contribution in [-0.4, -0.2) is 39.5 Å². The van der Waals surface area contributed by atoms with Crippen LogP contribution in [0.25, 0.3) is 0 Å². The molecular weight excluding hydrogens is 264 g/mol. The molecule has 0 unspecified atom stereocenters. The van der Waals surface area contributed by atoms with E-state index in [9.17, 15) is 0 Å². The van der Waals surface area contributed by atoms with E-state index in [1.165, 1.54) is 0 Å². The highest BCUT2D eigenvalue weighted by Gasteiger charge is 2.00. The molecule has 5 heteroatoms. The number of hydrogen-bond donors (Lipinski definition) is 2. The molecule has 3 N–H and O–H groups in total. The van der Waals surface area contributed by atoms with Crippen LogP contribution < -0.4 is 15.8 Å². The van der Waals surface area contributed by atoms with E-state index in [0.717, 1.165) is 35.8 Å². The van der Waals surface area contributed by atoms with Crippen molar-refractivity contribution in [2.24, 2.45) is 5.73 Å². The van der Waals surface area contributed by atoms with Gasteiger partial charge in [0.25, 0.3) is 0 Å². The molecule has 0 aliphatic heterocycles. The summed E-state index contributed by atoms with van der Waals surface area (Å²) in [5.41, 5.74) is 6.46. The first kappa shape index (κ1) is 16.2. The van der Waals surface area contributed by atoms with Crippen LogP contribution in [0.2, 0.25) is 5.02 Å². The van der Waals surface area contributed by atoms with Gasteiger partial charge in [-0.05, 0) is 30.2 Å². The zero-order chi connectivity index (χ0) is 13.9. The molecule has 0 amide bonds. The Labute approximate surface area is 120 Å². The molecule has 1 aromatic rings. The first-order chi connectivity index (χ1) is 9.27. The number of hydrogen-bond acceptors (Lipinski definition) is 4. The Kier molecular flexibility index (Phi) is 8.58. The van der Waals surface area contributed by atoms with E-state index in [4.69, 9.17) is 26.8 Å². The molecular formula is C14H23ClN2O2. The van der Waals surface area contributed by atoms with Crippen molar-refractivity contribution in [3.8, 4) is 5.75 Å². The Hall–Kier alpha value is -0.810. The van der Waals surface area contributed by atoms with Crippen molar-refractivity contribution in [1.29, 1.82) is 0 Å². The summed E-state index contributed by atoms with van der Waals surface area (Å²) < 4.78 is 11.0. The van der Waals surface area contributed by atoms with Crippen LogP contribution in [0, 0.1) is 0 Å². The lowest BCUT2D eigenvalue weighted by Crippen LogP contribution is -2.26. The summed E-state index contributed by atoms with van der Waals surface area (Å²) in [5.74, 6) is 0.839. The quantitative estimate of drug-likeness (QED) is 0.645. The van der Waals surface area contributed by atoms with Crippen LogP contribution in [0.1, 0.15) is 12.5 Å². The monoisotopic (exact) mass is 286 g/mol. The Morgan fingerprint density at radius 3 is 2.79 bits per heavy atom. The summed E-state index contributed by atoms with van der Waals surface area (Å²) in [6.07, 6.45) is 0.902. The van der Waals surface area contributed by atoms with E-state index < -0.39 is 0 Å². The normalized spacial score (nSPS) is 10.7. The summed E-state index contributed by atoms with van der Waals surface area (Å²) >= 11 is 6.04. The van der Waals surface area contributed by atoms with Crippen molar-refractivity contribution in [3.63, 3.8) is 0 Å². The van der Waals surface area contributed by atoms with Crippen molar-refractivity contribution in [2.75, 3.05) is 39.5 Å². The van der Waals surface area contributed by atoms with Crippen molar-refractivity contribution >= 4 is 11.6 Å². The van der Waals surface area contributed by atoms with E-state index in [2.05, 4.69) is 12.2 Å². The van der Waals surface area contributed by atoms with Gasteiger partial charge in [0.2, 0.25) is 0 Å². The highest BCUT2D eigenvalue weighted by atomic mass is 35.5. The molecule has 0 aliphatic rings. The standard InChI is InChI=1S/C14H23ClN2O2/c1-2-12-11-13(3-4-14(12)15)19-10-9-18-8-7-17-6-5-16/h3-4,11,17H,2,5-10,16H2,1H3. The molecule has 0 spiro atoms. The maximum absolute atomic E-state index is 6.04. The molecule has 0 radical (unpaired) electrons. The lowest BCUT2D eigenvalue weighted by atomic mass is 10.1. The lowest BCUT2D eigenvalue weighted by molar-refractivity contribution is 0.102. The van der Waals surface area contributed by atoms with Gasteiger partial charge in [0.15, 0.2) is 0 Å². The molecule has 0 saturated carbocycles. The van der Waals surface area contributed by atoms with Gasteiger partial charge in [0, 0.05) is 24.7 Å². The fourth-order valence-electron chi connectivity index (χ4n) is 1.60. The summed E-state index contributed by atoms with van der Waals surface area (Å²) in [6, 6.07) is 5.72. The third kappa shape index (κ3) is 6.78. The fourth-order valence-corrected chi connectivity index (χ4v) is 1.85. The Morgan fingerprint density at radius 1 is 1.21 bits per heavy atom. The van der Waals surface area contributed by atoms with Gasteiger partial charge in [-0.2, -0.15) is 0 Å². The third-order valence-corrected chi connectivity index (χ3v) is 3.01. The molecule has 0 aliphatic carbocycles. The molecule has 0 fully saturated rings. The van der Waals surface area contributed by atoms with Crippen LogP contribution in [0.5, 0.6) is 5.75 Å². The zero-order valence-electron chi connectivity index (χ0n) is 11.5. The fraction of sp³-hybridized carbons (Fsp3) is 0.571. The van der Waals surface area contributed by atoms with Gasteiger partial charge in [-0.25, -0.2) is 0 Å². The van der Waals surface area contributed by atoms with E-state index in [-0.39, 0.29) is 0 Å². The van der Waals surface area contributed by atoms with Crippen LogP contribution in [-0.2, 0) is 11.2 Å². The molecule has 108 valence electrons. The number of ether oxygens (including phenoxy) is 2. The Morgan fingerprint density at radius 2 is 2.05 bits per heavy atom. The van der Waals surface area contributed by atoms with Crippen molar-refractivity contribution in [2.45, 2.75) is 13.3 Å². The number of benzene rings is 1. The minimum atomic E-state index is 0.543. The highest BCUT2D eigenvalue weighted by molar-refractivity contribution is 6.31. The first-order valence-corrected chi connectivity index (χ1v) is 7.05. The lowest BCUT2D eigenvalue weighted by Gasteiger charge is -2.09. The Balaban J connectivity index is 2.12. The van der Waals surface area contributed by atoms with Gasteiger partial charge in [-0.3, -0.25) is 0 Å². The van der Waals surface area contributed by atoms with Crippen molar-refractivity contribution < 1.29 is 9.47 Å². The Bertz CT molecular complexity index is 361. The van der Waals surface area contributed by atoms with Crippen LogP contribution >= 0.6 is 11.6 Å². The minimum absolute atomic E-state index is 0.543. The summed E-state index contributed by atoms with van der Waals surface area (Å²) in [6.45, 7) is 6.16. The van der Waals surface area contributed by atoms with Crippen LogP contribution in [0.3, 0.4) is 0 Å². The van der Waals surface area contributed by atoms with E-state index >= 15 is 0 Å². The van der Waals surface area contributed by atoms with E-state index in [0.29, 0.717) is 26.4 Å². The number of halogens is 1. The molecule has 0 aromatic heterocycles. The number of aryl methyl sites for hydroxylation is 1. The second-order valence-corrected chi connectivity index (χ2v) is 4.51. The van der Waals surface area contributed by atoms with Gasteiger partial charge in [0.05, 0.1) is 13.2 Å². The minimum Gasteiger partial charge on any atom is -0.491 e. The van der Waals surface area contributed by atoms with Gasteiger partial charge in [-0.15, -0.1) is 0 Å². The van der Waals surface area contributed by atoms with Crippen molar-refractivity contribution in [3.05, 3.63) is 28.8 Å². The predicted molar refractivity (Wildman–Crippen MR) is 79.1 cm³/mol. The van der Waals surface area contributed by atoms with Crippen molar-refractivity contribution in [1.82, 2.24) is 5.32 Å².